The van der Waals surface area contributed by atoms with Crippen LogP contribution in [-0.2, 0) is 9.59 Å². The summed E-state index contributed by atoms with van der Waals surface area (Å²) in [5.41, 5.74) is 5.44. The molecule has 0 unspecified atom stereocenters. The van der Waals surface area contributed by atoms with Gasteiger partial charge in [0.1, 0.15) is 6.04 Å². The topological polar surface area (TPSA) is 92.4 Å². The molecular formula is C24H46N2O3. The standard InChI is InChI=1S/C24H46N2O3/c1-2-3-4-5-6-7-8-9-10-11-12-13-14-15-16-20-23(27)26-21-18-17-19-22(25)24(28)29/h11-12,22H,2-10,13-21,25H2,1H3,(H,26,27)(H,28,29)/b12-11+/t22-/m0/s1. The predicted molar refractivity (Wildman–Crippen MR) is 122 cm³/mol. The van der Waals surface area contributed by atoms with E-state index in [1.807, 2.05) is 0 Å². The number of carbonyl (C=O) groups is 2. The Morgan fingerprint density at radius 1 is 0.828 bits per heavy atom. The van der Waals surface area contributed by atoms with Crippen molar-refractivity contribution in [2.45, 2.75) is 122 Å². The molecule has 0 aromatic rings. The van der Waals surface area contributed by atoms with Crippen molar-refractivity contribution in [3.05, 3.63) is 12.2 Å². The first-order chi connectivity index (χ1) is 14.1. The van der Waals surface area contributed by atoms with Crippen LogP contribution < -0.4 is 11.1 Å². The molecule has 1 atom stereocenters. The lowest BCUT2D eigenvalue weighted by Crippen LogP contribution is -2.30. The molecule has 0 rings (SSSR count). The molecule has 0 aromatic carbocycles. The second-order valence-corrected chi connectivity index (χ2v) is 8.12. The van der Waals surface area contributed by atoms with Gasteiger partial charge in [-0.25, -0.2) is 0 Å². The van der Waals surface area contributed by atoms with E-state index in [9.17, 15) is 9.59 Å². The smallest absolute Gasteiger partial charge is 0.320 e. The number of nitrogens with two attached hydrogens (primary N) is 1. The van der Waals surface area contributed by atoms with Crippen LogP contribution in [0, 0.1) is 0 Å². The Morgan fingerprint density at radius 3 is 1.97 bits per heavy atom. The molecule has 0 aliphatic heterocycles. The van der Waals surface area contributed by atoms with Gasteiger partial charge in [0.2, 0.25) is 5.91 Å². The summed E-state index contributed by atoms with van der Waals surface area (Å²) in [6.07, 6.45) is 23.6. The van der Waals surface area contributed by atoms with Crippen molar-refractivity contribution in [2.24, 2.45) is 5.73 Å². The van der Waals surface area contributed by atoms with E-state index in [-0.39, 0.29) is 5.91 Å². The largest absolute Gasteiger partial charge is 0.480 e. The molecule has 0 radical (unpaired) electrons. The van der Waals surface area contributed by atoms with Crippen molar-refractivity contribution in [3.8, 4) is 0 Å². The fourth-order valence-corrected chi connectivity index (χ4v) is 3.29. The lowest BCUT2D eigenvalue weighted by Gasteiger charge is -2.07. The summed E-state index contributed by atoms with van der Waals surface area (Å²) in [4.78, 5) is 22.3. The second kappa shape index (κ2) is 21.4. The molecule has 0 fully saturated rings. The minimum absolute atomic E-state index is 0.0952. The van der Waals surface area contributed by atoms with E-state index in [0.717, 1.165) is 38.5 Å². The van der Waals surface area contributed by atoms with Gasteiger partial charge in [0.05, 0.1) is 0 Å². The van der Waals surface area contributed by atoms with E-state index in [2.05, 4.69) is 24.4 Å². The molecule has 0 aliphatic carbocycles. The Labute approximate surface area is 178 Å². The molecule has 29 heavy (non-hydrogen) atoms. The molecule has 0 aromatic heterocycles. The number of hydrogen-bond acceptors (Lipinski definition) is 3. The molecule has 0 bridgehead atoms. The number of carbonyl (C=O) groups excluding carboxylic acids is 1. The number of carboxylic acid groups (broad SMARTS) is 1. The fraction of sp³-hybridized carbons (Fsp3) is 0.833. The lowest BCUT2D eigenvalue weighted by molar-refractivity contribution is -0.138. The number of nitrogens with one attached hydrogen (secondary N) is 1. The Kier molecular flexibility index (Phi) is 20.3. The van der Waals surface area contributed by atoms with Crippen molar-refractivity contribution >= 4 is 11.9 Å². The molecule has 5 nitrogen and oxygen atoms in total. The Hall–Kier alpha value is -1.36. The number of amides is 1. The summed E-state index contributed by atoms with van der Waals surface area (Å²) in [6.45, 7) is 2.87. The van der Waals surface area contributed by atoms with Gasteiger partial charge in [-0.1, -0.05) is 70.4 Å². The Bertz CT molecular complexity index is 424. The van der Waals surface area contributed by atoms with Crippen LogP contribution in [0.5, 0.6) is 0 Å². The van der Waals surface area contributed by atoms with Gasteiger partial charge in [-0.15, -0.1) is 0 Å². The van der Waals surface area contributed by atoms with Crippen molar-refractivity contribution in [2.75, 3.05) is 6.54 Å². The molecule has 5 heteroatoms. The van der Waals surface area contributed by atoms with Gasteiger partial charge >= 0.3 is 5.97 Å². The summed E-state index contributed by atoms with van der Waals surface area (Å²) >= 11 is 0. The molecule has 0 heterocycles. The highest BCUT2D eigenvalue weighted by atomic mass is 16.4. The number of unbranched alkanes of at least 4 members (excludes halogenated alkanes) is 12. The molecule has 0 aliphatic rings. The highest BCUT2D eigenvalue weighted by molar-refractivity contribution is 5.75. The molecule has 4 N–H and O–H groups in total. The fourth-order valence-electron chi connectivity index (χ4n) is 3.29. The van der Waals surface area contributed by atoms with E-state index < -0.39 is 12.0 Å². The average molecular weight is 411 g/mol. The van der Waals surface area contributed by atoms with Crippen LogP contribution in [0.1, 0.15) is 116 Å². The van der Waals surface area contributed by atoms with Crippen molar-refractivity contribution in [1.29, 1.82) is 0 Å². The normalized spacial score (nSPS) is 12.3. The van der Waals surface area contributed by atoms with Crippen LogP contribution in [0.2, 0.25) is 0 Å². The van der Waals surface area contributed by atoms with E-state index in [1.54, 1.807) is 0 Å². The van der Waals surface area contributed by atoms with E-state index in [0.29, 0.717) is 19.4 Å². The molecular weight excluding hydrogens is 364 g/mol. The van der Waals surface area contributed by atoms with Gasteiger partial charge in [0, 0.05) is 13.0 Å². The summed E-state index contributed by atoms with van der Waals surface area (Å²) in [5.74, 6) is -0.866. The van der Waals surface area contributed by atoms with Crippen LogP contribution in [0.25, 0.3) is 0 Å². The van der Waals surface area contributed by atoms with Crippen LogP contribution >= 0.6 is 0 Å². The van der Waals surface area contributed by atoms with Gasteiger partial charge in [-0.05, 0) is 51.4 Å². The van der Waals surface area contributed by atoms with Gasteiger partial charge in [-0.2, -0.15) is 0 Å². The van der Waals surface area contributed by atoms with Crippen molar-refractivity contribution in [1.82, 2.24) is 5.32 Å². The minimum atomic E-state index is -0.961. The third-order valence-electron chi connectivity index (χ3n) is 5.25. The zero-order chi connectivity index (χ0) is 21.6. The van der Waals surface area contributed by atoms with Crippen molar-refractivity contribution in [3.63, 3.8) is 0 Å². The van der Waals surface area contributed by atoms with Gasteiger partial charge in [0.15, 0.2) is 0 Å². The summed E-state index contributed by atoms with van der Waals surface area (Å²) in [5, 5.41) is 11.6. The SMILES string of the molecule is CCCCCCCCCC/C=C/CCCCCC(=O)NCCCC[C@H](N)C(=O)O. The zero-order valence-electron chi connectivity index (χ0n) is 18.8. The minimum Gasteiger partial charge on any atom is -0.480 e. The quantitative estimate of drug-likeness (QED) is 0.167. The number of hydrogen-bond donors (Lipinski definition) is 3. The molecule has 1 amide bonds. The third-order valence-corrected chi connectivity index (χ3v) is 5.25. The van der Waals surface area contributed by atoms with E-state index >= 15 is 0 Å². The van der Waals surface area contributed by atoms with Crippen LogP contribution in [0.4, 0.5) is 0 Å². The number of allylic oxidation sites excluding steroid dienone is 2. The maximum absolute atomic E-state index is 11.7. The van der Waals surface area contributed by atoms with Gasteiger partial charge < -0.3 is 16.2 Å². The van der Waals surface area contributed by atoms with Crippen LogP contribution in [-0.4, -0.2) is 29.6 Å². The number of aliphatic carboxylic acids is 1. The Morgan fingerprint density at radius 2 is 1.38 bits per heavy atom. The lowest BCUT2D eigenvalue weighted by atomic mass is 10.1. The van der Waals surface area contributed by atoms with Gasteiger partial charge in [-0.3, -0.25) is 9.59 Å². The summed E-state index contributed by atoms with van der Waals surface area (Å²) < 4.78 is 0. The first kappa shape index (κ1) is 27.6. The van der Waals surface area contributed by atoms with Crippen LogP contribution in [0.3, 0.4) is 0 Å². The summed E-state index contributed by atoms with van der Waals surface area (Å²) in [7, 11) is 0. The highest BCUT2D eigenvalue weighted by Crippen LogP contribution is 2.10. The molecule has 170 valence electrons. The van der Waals surface area contributed by atoms with Crippen LogP contribution in [0.15, 0.2) is 12.2 Å². The van der Waals surface area contributed by atoms with Gasteiger partial charge in [0.25, 0.3) is 0 Å². The third kappa shape index (κ3) is 21.2. The first-order valence-corrected chi connectivity index (χ1v) is 12.0. The maximum Gasteiger partial charge on any atom is 0.320 e. The highest BCUT2D eigenvalue weighted by Gasteiger charge is 2.10. The van der Waals surface area contributed by atoms with E-state index in [4.69, 9.17) is 10.8 Å². The molecule has 0 spiro atoms. The summed E-state index contributed by atoms with van der Waals surface area (Å²) in [6, 6.07) is -0.792. The Balaban J connectivity index is 3.29. The first-order valence-electron chi connectivity index (χ1n) is 12.0. The number of carboxylic acids is 1. The monoisotopic (exact) mass is 410 g/mol. The van der Waals surface area contributed by atoms with E-state index in [1.165, 1.54) is 57.8 Å². The zero-order valence-corrected chi connectivity index (χ0v) is 18.8. The molecule has 0 saturated heterocycles. The predicted octanol–water partition coefficient (Wildman–Crippen LogP) is 5.72. The second-order valence-electron chi connectivity index (χ2n) is 8.12. The number of rotatable bonds is 21. The molecule has 0 saturated carbocycles. The maximum atomic E-state index is 11.7. The van der Waals surface area contributed by atoms with Crippen molar-refractivity contribution < 1.29 is 14.7 Å². The average Bonchev–Trinajstić information content (AvgIpc) is 2.70.